The van der Waals surface area contributed by atoms with Crippen molar-refractivity contribution >= 4 is 11.9 Å². The third kappa shape index (κ3) is 4.02. The monoisotopic (exact) mass is 354 g/mol. The first-order valence-corrected chi connectivity index (χ1v) is 8.72. The zero-order valence-electron chi connectivity index (χ0n) is 14.6. The lowest BCUT2D eigenvalue weighted by Gasteiger charge is -2.36. The Balaban J connectivity index is 1.68. The zero-order chi connectivity index (χ0) is 18.6. The second-order valence-corrected chi connectivity index (χ2v) is 6.84. The van der Waals surface area contributed by atoms with Crippen LogP contribution in [0.25, 0.3) is 0 Å². The number of nitrogens with one attached hydrogen (secondary N) is 1. The molecule has 1 amide bonds. The molecule has 0 aliphatic heterocycles. The minimum absolute atomic E-state index is 0.380. The zero-order valence-corrected chi connectivity index (χ0v) is 14.6. The first kappa shape index (κ1) is 17.9. The van der Waals surface area contributed by atoms with E-state index in [9.17, 15) is 14.7 Å². The van der Waals surface area contributed by atoms with Crippen molar-refractivity contribution < 1.29 is 19.4 Å². The fourth-order valence-electron chi connectivity index (χ4n) is 3.15. The van der Waals surface area contributed by atoms with Crippen LogP contribution in [0.3, 0.4) is 0 Å². The Morgan fingerprint density at radius 1 is 1.15 bits per heavy atom. The Morgan fingerprint density at radius 3 is 2.42 bits per heavy atom. The van der Waals surface area contributed by atoms with Gasteiger partial charge in [0, 0.05) is 11.8 Å². The highest BCUT2D eigenvalue weighted by Crippen LogP contribution is 2.32. The molecule has 1 aromatic carbocycles. The molecule has 0 spiro atoms. The van der Waals surface area contributed by atoms with Crippen LogP contribution < -0.4 is 10.1 Å². The van der Waals surface area contributed by atoms with Gasteiger partial charge in [0.2, 0.25) is 0 Å². The van der Waals surface area contributed by atoms with Crippen molar-refractivity contribution in [3.8, 4) is 11.5 Å². The number of aliphatic carboxylic acids is 1. The molecule has 6 heteroatoms. The number of carbonyl (C=O) groups is 2. The highest BCUT2D eigenvalue weighted by molar-refractivity contribution is 5.98. The summed E-state index contributed by atoms with van der Waals surface area (Å²) in [5.41, 5.74) is -0.767. The minimum Gasteiger partial charge on any atom is -0.480 e. The summed E-state index contributed by atoms with van der Waals surface area (Å²) < 4.78 is 5.64. The largest absolute Gasteiger partial charge is 0.480 e. The van der Waals surface area contributed by atoms with E-state index in [0.29, 0.717) is 35.8 Å². The lowest BCUT2D eigenvalue weighted by molar-refractivity contribution is -0.146. The molecular weight excluding hydrogens is 332 g/mol. The first-order chi connectivity index (χ1) is 12.5. The fourth-order valence-corrected chi connectivity index (χ4v) is 3.15. The van der Waals surface area contributed by atoms with Gasteiger partial charge in [0.15, 0.2) is 0 Å². The molecule has 0 bridgehead atoms. The molecule has 0 atom stereocenters. The number of carboxylic acids is 1. The van der Waals surface area contributed by atoms with Gasteiger partial charge in [-0.3, -0.25) is 9.78 Å². The van der Waals surface area contributed by atoms with Crippen LogP contribution in [0.4, 0.5) is 0 Å². The molecule has 3 rings (SSSR count). The van der Waals surface area contributed by atoms with Gasteiger partial charge in [0.25, 0.3) is 5.91 Å². The molecule has 136 valence electrons. The van der Waals surface area contributed by atoms with Crippen molar-refractivity contribution in [1.82, 2.24) is 10.3 Å². The van der Waals surface area contributed by atoms with Gasteiger partial charge in [-0.1, -0.05) is 6.92 Å². The van der Waals surface area contributed by atoms with E-state index in [-0.39, 0.29) is 5.91 Å². The fraction of sp³-hybridized carbons (Fsp3) is 0.350. The number of pyridine rings is 1. The Kier molecular flexibility index (Phi) is 5.21. The third-order valence-electron chi connectivity index (χ3n) is 4.88. The topological polar surface area (TPSA) is 88.5 Å². The summed E-state index contributed by atoms with van der Waals surface area (Å²) in [5.74, 6) is 0.326. The van der Waals surface area contributed by atoms with Crippen molar-refractivity contribution in [3.05, 3.63) is 54.4 Å². The minimum atomic E-state index is -1.17. The van der Waals surface area contributed by atoms with Crippen molar-refractivity contribution in [1.29, 1.82) is 0 Å². The summed E-state index contributed by atoms with van der Waals surface area (Å²) in [6, 6.07) is 10.2. The average molecular weight is 354 g/mol. The molecule has 26 heavy (non-hydrogen) atoms. The summed E-state index contributed by atoms with van der Waals surface area (Å²) in [4.78, 5) is 28.3. The van der Waals surface area contributed by atoms with Crippen molar-refractivity contribution in [2.45, 2.75) is 38.1 Å². The number of hydrogen-bond donors (Lipinski definition) is 2. The first-order valence-electron chi connectivity index (χ1n) is 8.72. The second kappa shape index (κ2) is 7.56. The van der Waals surface area contributed by atoms with Crippen LogP contribution in [0.2, 0.25) is 0 Å². The standard InChI is InChI=1S/C20H22N2O4/c1-14-8-10-20(11-9-14,19(24)25)22-18(23)15-4-6-16(7-5-15)26-17-3-2-12-21-13-17/h2-7,12-14H,8-11H2,1H3,(H,22,23)(H,24,25). The predicted octanol–water partition coefficient (Wildman–Crippen LogP) is 3.64. The molecule has 0 radical (unpaired) electrons. The Morgan fingerprint density at radius 2 is 1.85 bits per heavy atom. The maximum atomic E-state index is 12.5. The van der Waals surface area contributed by atoms with Gasteiger partial charge < -0.3 is 15.2 Å². The van der Waals surface area contributed by atoms with Crippen LogP contribution >= 0.6 is 0 Å². The van der Waals surface area contributed by atoms with Gasteiger partial charge in [-0.25, -0.2) is 4.79 Å². The van der Waals surface area contributed by atoms with Crippen molar-refractivity contribution in [3.63, 3.8) is 0 Å². The molecule has 2 N–H and O–H groups in total. The van der Waals surface area contributed by atoms with Crippen LogP contribution in [0.1, 0.15) is 43.0 Å². The normalized spacial score (nSPS) is 22.4. The Labute approximate surface area is 152 Å². The molecule has 0 unspecified atom stereocenters. The van der Waals surface area contributed by atoms with Gasteiger partial charge in [-0.2, -0.15) is 0 Å². The molecule has 2 aromatic rings. The van der Waals surface area contributed by atoms with E-state index in [0.717, 1.165) is 12.8 Å². The number of amides is 1. The van der Waals surface area contributed by atoms with E-state index >= 15 is 0 Å². The van der Waals surface area contributed by atoms with Crippen LogP contribution in [0.5, 0.6) is 11.5 Å². The van der Waals surface area contributed by atoms with E-state index in [2.05, 4.69) is 17.2 Å². The maximum Gasteiger partial charge on any atom is 0.329 e. The number of aromatic nitrogens is 1. The number of rotatable bonds is 5. The summed E-state index contributed by atoms with van der Waals surface area (Å²) in [5, 5.41) is 12.4. The van der Waals surface area contributed by atoms with E-state index < -0.39 is 11.5 Å². The van der Waals surface area contributed by atoms with E-state index in [1.807, 2.05) is 0 Å². The lowest BCUT2D eigenvalue weighted by Crippen LogP contribution is -2.56. The summed E-state index contributed by atoms with van der Waals surface area (Å²) in [6.07, 6.45) is 5.76. The van der Waals surface area contributed by atoms with E-state index in [1.54, 1.807) is 48.8 Å². The van der Waals surface area contributed by atoms with E-state index in [1.165, 1.54) is 0 Å². The van der Waals surface area contributed by atoms with Crippen LogP contribution in [-0.4, -0.2) is 27.5 Å². The van der Waals surface area contributed by atoms with Crippen molar-refractivity contribution in [2.24, 2.45) is 5.92 Å². The van der Waals surface area contributed by atoms with Crippen LogP contribution in [-0.2, 0) is 4.79 Å². The highest BCUT2D eigenvalue weighted by atomic mass is 16.5. The van der Waals surface area contributed by atoms with Gasteiger partial charge in [0.05, 0.1) is 6.20 Å². The Bertz CT molecular complexity index is 766. The molecule has 1 aromatic heterocycles. The molecule has 6 nitrogen and oxygen atoms in total. The Hall–Kier alpha value is -2.89. The molecule has 1 aliphatic carbocycles. The number of ether oxygens (including phenoxy) is 1. The SMILES string of the molecule is CC1CCC(NC(=O)c2ccc(Oc3cccnc3)cc2)(C(=O)O)CC1. The van der Waals surface area contributed by atoms with Crippen LogP contribution in [0.15, 0.2) is 48.8 Å². The molecular formula is C20H22N2O4. The molecule has 1 aliphatic rings. The number of carboxylic acid groups (broad SMARTS) is 1. The predicted molar refractivity (Wildman–Crippen MR) is 96.2 cm³/mol. The molecule has 1 fully saturated rings. The third-order valence-corrected chi connectivity index (χ3v) is 4.88. The summed E-state index contributed by atoms with van der Waals surface area (Å²) in [6.45, 7) is 2.11. The molecule has 0 saturated heterocycles. The average Bonchev–Trinajstić information content (AvgIpc) is 2.65. The van der Waals surface area contributed by atoms with Gasteiger partial charge in [0.1, 0.15) is 17.0 Å². The summed E-state index contributed by atoms with van der Waals surface area (Å²) in [7, 11) is 0. The molecule has 1 heterocycles. The number of carbonyl (C=O) groups excluding carboxylic acids is 1. The van der Waals surface area contributed by atoms with Gasteiger partial charge >= 0.3 is 5.97 Å². The smallest absolute Gasteiger partial charge is 0.329 e. The lowest BCUT2D eigenvalue weighted by atomic mass is 9.77. The number of hydrogen-bond acceptors (Lipinski definition) is 4. The highest BCUT2D eigenvalue weighted by Gasteiger charge is 2.42. The van der Waals surface area contributed by atoms with Gasteiger partial charge in [-0.15, -0.1) is 0 Å². The quantitative estimate of drug-likeness (QED) is 0.856. The van der Waals surface area contributed by atoms with Crippen molar-refractivity contribution in [2.75, 3.05) is 0 Å². The second-order valence-electron chi connectivity index (χ2n) is 6.84. The van der Waals surface area contributed by atoms with Crippen LogP contribution in [0, 0.1) is 5.92 Å². The number of benzene rings is 1. The number of nitrogens with zero attached hydrogens (tertiary/aromatic N) is 1. The molecule has 1 saturated carbocycles. The maximum absolute atomic E-state index is 12.5. The summed E-state index contributed by atoms with van der Waals surface area (Å²) >= 11 is 0. The van der Waals surface area contributed by atoms with Gasteiger partial charge in [-0.05, 0) is 68.0 Å². The van der Waals surface area contributed by atoms with E-state index in [4.69, 9.17) is 4.74 Å².